The Labute approximate surface area is 83.3 Å². The maximum atomic E-state index is 5.42. The zero-order valence-electron chi connectivity index (χ0n) is 9.84. The lowest BCUT2D eigenvalue weighted by Gasteiger charge is -2.34. The molecule has 1 aliphatic carbocycles. The molecule has 0 aromatic carbocycles. The number of hydrogen-bond donors (Lipinski definition) is 0. The molecule has 0 heterocycles. The van der Waals surface area contributed by atoms with Crippen LogP contribution < -0.4 is 0 Å². The van der Waals surface area contributed by atoms with Gasteiger partial charge in [-0.2, -0.15) is 0 Å². The highest BCUT2D eigenvalue weighted by Gasteiger charge is 2.25. The third kappa shape index (κ3) is 4.10. The standard InChI is InChI=1S/C9H19NO.C2H6/c1-10(2)8-6-4-5-7-9(8)11-3;1-2/h8-9H,4-7H2,1-3H3;1-2H3. The van der Waals surface area contributed by atoms with Crippen LogP contribution in [-0.4, -0.2) is 38.3 Å². The van der Waals surface area contributed by atoms with Crippen LogP contribution in [0.5, 0.6) is 0 Å². The fourth-order valence-electron chi connectivity index (χ4n) is 1.94. The van der Waals surface area contributed by atoms with E-state index in [0.717, 1.165) is 0 Å². The average molecular weight is 187 g/mol. The highest BCUT2D eigenvalue weighted by atomic mass is 16.5. The maximum absolute atomic E-state index is 5.42. The number of ether oxygens (including phenoxy) is 1. The summed E-state index contributed by atoms with van der Waals surface area (Å²) in [4.78, 5) is 2.29. The molecule has 80 valence electrons. The molecule has 0 saturated heterocycles. The summed E-state index contributed by atoms with van der Waals surface area (Å²) < 4.78 is 5.42. The third-order valence-electron chi connectivity index (χ3n) is 2.63. The van der Waals surface area contributed by atoms with Crippen LogP contribution in [0.2, 0.25) is 0 Å². The first-order valence-corrected chi connectivity index (χ1v) is 5.45. The van der Waals surface area contributed by atoms with Gasteiger partial charge in [0.25, 0.3) is 0 Å². The van der Waals surface area contributed by atoms with Gasteiger partial charge in [0, 0.05) is 13.2 Å². The van der Waals surface area contributed by atoms with Crippen LogP contribution >= 0.6 is 0 Å². The molecule has 0 bridgehead atoms. The Bertz CT molecular complexity index is 115. The second-order valence-corrected chi connectivity index (χ2v) is 3.59. The van der Waals surface area contributed by atoms with E-state index < -0.39 is 0 Å². The first-order chi connectivity index (χ1) is 6.25. The smallest absolute Gasteiger partial charge is 0.0726 e. The molecule has 0 N–H and O–H groups in total. The van der Waals surface area contributed by atoms with Crippen molar-refractivity contribution >= 4 is 0 Å². The van der Waals surface area contributed by atoms with Crippen LogP contribution in [-0.2, 0) is 4.74 Å². The Balaban J connectivity index is 0.000000671. The summed E-state index contributed by atoms with van der Waals surface area (Å²) in [6, 6.07) is 0.647. The van der Waals surface area contributed by atoms with Crippen LogP contribution in [0.3, 0.4) is 0 Å². The highest BCUT2D eigenvalue weighted by Crippen LogP contribution is 2.23. The quantitative estimate of drug-likeness (QED) is 0.658. The van der Waals surface area contributed by atoms with Gasteiger partial charge in [-0.3, -0.25) is 0 Å². The lowest BCUT2D eigenvalue weighted by atomic mass is 9.92. The number of likely N-dealkylation sites (N-methyl/N-ethyl adjacent to an activating group) is 1. The van der Waals surface area contributed by atoms with Gasteiger partial charge >= 0.3 is 0 Å². The predicted octanol–water partition coefficient (Wildman–Crippen LogP) is 2.53. The third-order valence-corrected chi connectivity index (χ3v) is 2.63. The van der Waals surface area contributed by atoms with E-state index >= 15 is 0 Å². The summed E-state index contributed by atoms with van der Waals surface area (Å²) in [5.74, 6) is 0. The van der Waals surface area contributed by atoms with Crippen LogP contribution in [0, 0.1) is 0 Å². The van der Waals surface area contributed by atoms with E-state index in [4.69, 9.17) is 4.74 Å². The van der Waals surface area contributed by atoms with E-state index in [1.165, 1.54) is 25.7 Å². The number of nitrogens with zero attached hydrogens (tertiary/aromatic N) is 1. The van der Waals surface area contributed by atoms with E-state index in [1.54, 1.807) is 0 Å². The molecule has 2 nitrogen and oxygen atoms in total. The number of methoxy groups -OCH3 is 1. The fourth-order valence-corrected chi connectivity index (χ4v) is 1.94. The van der Waals surface area contributed by atoms with Crippen LogP contribution in [0.15, 0.2) is 0 Å². The van der Waals surface area contributed by atoms with Gasteiger partial charge in [0.05, 0.1) is 6.10 Å². The summed E-state index contributed by atoms with van der Waals surface area (Å²) >= 11 is 0. The fraction of sp³-hybridized carbons (Fsp3) is 1.00. The van der Waals surface area contributed by atoms with E-state index in [0.29, 0.717) is 12.1 Å². The summed E-state index contributed by atoms with van der Waals surface area (Å²) in [5, 5.41) is 0. The largest absolute Gasteiger partial charge is 0.380 e. The zero-order chi connectivity index (χ0) is 10.3. The van der Waals surface area contributed by atoms with Crippen LogP contribution in [0.1, 0.15) is 39.5 Å². The Morgan fingerprint density at radius 3 is 2.00 bits per heavy atom. The molecule has 13 heavy (non-hydrogen) atoms. The van der Waals surface area contributed by atoms with Gasteiger partial charge in [0.2, 0.25) is 0 Å². The molecule has 0 aromatic rings. The normalized spacial score (nSPS) is 28.2. The summed E-state index contributed by atoms with van der Waals surface area (Å²) in [7, 11) is 6.11. The Hall–Kier alpha value is -0.0800. The molecule has 0 radical (unpaired) electrons. The lowest BCUT2D eigenvalue weighted by molar-refractivity contribution is 0.00633. The van der Waals surface area contributed by atoms with Crippen molar-refractivity contribution in [1.82, 2.24) is 4.90 Å². The minimum absolute atomic E-state index is 0.471. The van der Waals surface area contributed by atoms with E-state index in [2.05, 4.69) is 19.0 Å². The van der Waals surface area contributed by atoms with Gasteiger partial charge in [0.1, 0.15) is 0 Å². The molecule has 1 fully saturated rings. The second kappa shape index (κ2) is 7.34. The van der Waals surface area contributed by atoms with Crippen molar-refractivity contribution in [2.75, 3.05) is 21.2 Å². The minimum atomic E-state index is 0.471. The number of hydrogen-bond acceptors (Lipinski definition) is 2. The molecule has 2 unspecified atom stereocenters. The van der Waals surface area contributed by atoms with Crippen molar-refractivity contribution in [3.63, 3.8) is 0 Å². The minimum Gasteiger partial charge on any atom is -0.380 e. The Kier molecular flexibility index (Phi) is 7.29. The summed E-state index contributed by atoms with van der Waals surface area (Å²) in [5.41, 5.74) is 0. The van der Waals surface area contributed by atoms with Crippen molar-refractivity contribution < 1.29 is 4.74 Å². The Morgan fingerprint density at radius 2 is 1.62 bits per heavy atom. The second-order valence-electron chi connectivity index (χ2n) is 3.59. The van der Waals surface area contributed by atoms with Crippen molar-refractivity contribution in [3.8, 4) is 0 Å². The first kappa shape index (κ1) is 12.9. The lowest BCUT2D eigenvalue weighted by Crippen LogP contribution is -2.42. The molecular formula is C11H25NO. The van der Waals surface area contributed by atoms with Crippen LogP contribution in [0.25, 0.3) is 0 Å². The van der Waals surface area contributed by atoms with E-state index in [-0.39, 0.29) is 0 Å². The SMILES string of the molecule is CC.COC1CCCCC1N(C)C. The molecule has 1 saturated carbocycles. The monoisotopic (exact) mass is 187 g/mol. The van der Waals surface area contributed by atoms with Gasteiger partial charge in [-0.1, -0.05) is 26.7 Å². The molecule has 1 rings (SSSR count). The molecule has 2 atom stereocenters. The van der Waals surface area contributed by atoms with Crippen molar-refractivity contribution in [1.29, 1.82) is 0 Å². The topological polar surface area (TPSA) is 12.5 Å². The Morgan fingerprint density at radius 1 is 1.08 bits per heavy atom. The van der Waals surface area contributed by atoms with Gasteiger partial charge in [-0.05, 0) is 26.9 Å². The van der Waals surface area contributed by atoms with Crippen LogP contribution in [0.4, 0.5) is 0 Å². The summed E-state index contributed by atoms with van der Waals surface area (Å²) in [6.07, 6.45) is 5.70. The molecule has 0 spiro atoms. The first-order valence-electron chi connectivity index (χ1n) is 5.45. The van der Waals surface area contributed by atoms with Crippen molar-refractivity contribution in [3.05, 3.63) is 0 Å². The van der Waals surface area contributed by atoms with Gasteiger partial charge < -0.3 is 9.64 Å². The highest BCUT2D eigenvalue weighted by molar-refractivity contribution is 4.80. The number of rotatable bonds is 2. The molecule has 0 aliphatic heterocycles. The zero-order valence-corrected chi connectivity index (χ0v) is 9.84. The molecule has 1 aliphatic rings. The predicted molar refractivity (Wildman–Crippen MR) is 58.1 cm³/mol. The van der Waals surface area contributed by atoms with Crippen molar-refractivity contribution in [2.45, 2.75) is 51.7 Å². The molecule has 0 aromatic heterocycles. The van der Waals surface area contributed by atoms with Gasteiger partial charge in [0.15, 0.2) is 0 Å². The molecule has 2 heteroatoms. The average Bonchev–Trinajstić information content (AvgIpc) is 2.20. The van der Waals surface area contributed by atoms with E-state index in [1.807, 2.05) is 21.0 Å². The molecule has 0 amide bonds. The van der Waals surface area contributed by atoms with Crippen molar-refractivity contribution in [2.24, 2.45) is 0 Å². The maximum Gasteiger partial charge on any atom is 0.0726 e. The summed E-state index contributed by atoms with van der Waals surface area (Å²) in [6.45, 7) is 4.00. The van der Waals surface area contributed by atoms with Gasteiger partial charge in [-0.25, -0.2) is 0 Å². The molecular weight excluding hydrogens is 162 g/mol. The van der Waals surface area contributed by atoms with Gasteiger partial charge in [-0.15, -0.1) is 0 Å². The van der Waals surface area contributed by atoms with E-state index in [9.17, 15) is 0 Å².